The SMILES string of the molecule is O=c1c2ccccc2nc(-c2ccc(OS(=O)(=O)O)cc2)n1CCCCCCCCCCn1c(-c2ccc(OS(=O)(=O)O)cc2)nc2ccccc2c1=O. The van der Waals surface area contributed by atoms with E-state index in [4.69, 9.17) is 19.1 Å². The van der Waals surface area contributed by atoms with Crippen LogP contribution in [-0.2, 0) is 33.9 Å². The molecule has 6 rings (SSSR count). The van der Waals surface area contributed by atoms with Crippen molar-refractivity contribution in [2.75, 3.05) is 0 Å². The molecule has 2 heterocycles. The van der Waals surface area contributed by atoms with Crippen molar-refractivity contribution in [3.05, 3.63) is 118 Å². The van der Waals surface area contributed by atoms with E-state index in [1.165, 1.54) is 24.3 Å². The first kappa shape index (κ1) is 38.3. The van der Waals surface area contributed by atoms with Crippen LogP contribution in [0.1, 0.15) is 51.4 Å². The van der Waals surface area contributed by atoms with Gasteiger partial charge < -0.3 is 8.37 Å². The Hall–Kier alpha value is -5.42. The molecule has 54 heavy (non-hydrogen) atoms. The predicted octanol–water partition coefficient (Wildman–Crippen LogP) is 6.62. The van der Waals surface area contributed by atoms with Crippen LogP contribution in [-0.4, -0.2) is 45.0 Å². The standard InChI is InChI=1S/C38H38N4O10S2/c43-37-31-13-7-9-15-33(31)39-35(27-17-21-29(22-18-27)51-53(45,46)47)41(37)25-11-5-3-1-2-4-6-12-26-42-36(40-34-16-10-8-14-32(34)38(42)44)28-19-23-30(24-20-28)52-54(48,49)50/h7-10,13-24H,1-6,11-12,25-26H2,(H,45,46,47)(H,48,49,50). The third kappa shape index (κ3) is 9.76. The summed E-state index contributed by atoms with van der Waals surface area (Å²) in [5.41, 5.74) is 1.96. The summed E-state index contributed by atoms with van der Waals surface area (Å²) >= 11 is 0. The Morgan fingerprint density at radius 1 is 0.481 bits per heavy atom. The summed E-state index contributed by atoms with van der Waals surface area (Å²) in [6.07, 6.45) is 7.26. The predicted molar refractivity (Wildman–Crippen MR) is 204 cm³/mol. The highest BCUT2D eigenvalue weighted by atomic mass is 32.3. The molecule has 6 aromatic rings. The maximum absolute atomic E-state index is 13.5. The molecule has 0 aliphatic rings. The van der Waals surface area contributed by atoms with E-state index in [-0.39, 0.29) is 22.6 Å². The minimum Gasteiger partial charge on any atom is -0.362 e. The second kappa shape index (κ2) is 16.7. The quantitative estimate of drug-likeness (QED) is 0.0743. The zero-order valence-corrected chi connectivity index (χ0v) is 30.7. The zero-order chi connectivity index (χ0) is 38.3. The number of para-hydroxylation sites is 2. The molecule has 2 aromatic heterocycles. The van der Waals surface area contributed by atoms with Crippen LogP contribution < -0.4 is 19.5 Å². The number of fused-ring (bicyclic) bond motifs is 2. The molecule has 0 spiro atoms. The molecular formula is C38H38N4O10S2. The van der Waals surface area contributed by atoms with Gasteiger partial charge in [-0.1, -0.05) is 62.8 Å². The Bertz CT molecular complexity index is 2420. The third-order valence-corrected chi connectivity index (χ3v) is 9.67. The van der Waals surface area contributed by atoms with E-state index in [1.54, 1.807) is 81.9 Å². The van der Waals surface area contributed by atoms with Gasteiger partial charge in [0.05, 0.1) is 21.8 Å². The Morgan fingerprint density at radius 2 is 0.815 bits per heavy atom. The molecule has 282 valence electrons. The topological polar surface area (TPSA) is 197 Å². The van der Waals surface area contributed by atoms with Gasteiger partial charge in [-0.2, -0.15) is 16.8 Å². The third-order valence-electron chi connectivity index (χ3n) is 8.86. The van der Waals surface area contributed by atoms with Gasteiger partial charge in [-0.3, -0.25) is 27.8 Å². The molecule has 14 nitrogen and oxygen atoms in total. The monoisotopic (exact) mass is 774 g/mol. The van der Waals surface area contributed by atoms with Crippen molar-refractivity contribution >= 4 is 42.6 Å². The molecule has 0 bridgehead atoms. The van der Waals surface area contributed by atoms with Crippen molar-refractivity contribution in [2.45, 2.75) is 64.5 Å². The first-order valence-electron chi connectivity index (χ1n) is 17.4. The van der Waals surface area contributed by atoms with E-state index in [0.717, 1.165) is 51.4 Å². The van der Waals surface area contributed by atoms with E-state index in [0.29, 0.717) is 57.7 Å². The van der Waals surface area contributed by atoms with Crippen molar-refractivity contribution in [3.63, 3.8) is 0 Å². The highest BCUT2D eigenvalue weighted by Crippen LogP contribution is 2.25. The molecule has 0 radical (unpaired) electrons. The molecular weight excluding hydrogens is 737 g/mol. The zero-order valence-electron chi connectivity index (χ0n) is 29.1. The Balaban J connectivity index is 1.02. The number of aromatic nitrogens is 4. The summed E-state index contributed by atoms with van der Waals surface area (Å²) in [6, 6.07) is 26.1. The van der Waals surface area contributed by atoms with Gasteiger partial charge in [0.15, 0.2) is 0 Å². The van der Waals surface area contributed by atoms with Crippen molar-refractivity contribution in [1.29, 1.82) is 0 Å². The molecule has 0 atom stereocenters. The lowest BCUT2D eigenvalue weighted by molar-refractivity contribution is 0.384. The first-order chi connectivity index (χ1) is 25.9. The summed E-state index contributed by atoms with van der Waals surface area (Å²) in [7, 11) is -9.34. The number of hydrogen-bond donors (Lipinski definition) is 2. The largest absolute Gasteiger partial charge is 0.446 e. The molecule has 16 heteroatoms. The fraction of sp³-hybridized carbons (Fsp3) is 0.263. The normalized spacial score (nSPS) is 12.0. The van der Waals surface area contributed by atoms with Crippen LogP contribution in [0.3, 0.4) is 0 Å². The molecule has 2 N–H and O–H groups in total. The van der Waals surface area contributed by atoms with Crippen LogP contribution >= 0.6 is 0 Å². The molecule has 0 saturated heterocycles. The van der Waals surface area contributed by atoms with Crippen LogP contribution in [0.4, 0.5) is 0 Å². The van der Waals surface area contributed by atoms with Gasteiger partial charge in [0.2, 0.25) is 0 Å². The minimum absolute atomic E-state index is 0.0695. The number of benzene rings is 4. The molecule has 0 saturated carbocycles. The van der Waals surface area contributed by atoms with Crippen molar-refractivity contribution in [3.8, 4) is 34.3 Å². The Morgan fingerprint density at radius 3 is 1.17 bits per heavy atom. The van der Waals surface area contributed by atoms with Gasteiger partial charge in [0.25, 0.3) is 11.1 Å². The molecule has 0 aliphatic carbocycles. The number of rotatable bonds is 17. The average molecular weight is 775 g/mol. The summed E-state index contributed by atoms with van der Waals surface area (Å²) < 4.78 is 74.7. The van der Waals surface area contributed by atoms with E-state index in [9.17, 15) is 26.4 Å². The van der Waals surface area contributed by atoms with Crippen LogP contribution in [0.15, 0.2) is 107 Å². The van der Waals surface area contributed by atoms with Gasteiger partial charge in [-0.15, -0.1) is 0 Å². The number of hydrogen-bond acceptors (Lipinski definition) is 10. The first-order valence-corrected chi connectivity index (χ1v) is 20.1. The van der Waals surface area contributed by atoms with E-state index < -0.39 is 20.8 Å². The van der Waals surface area contributed by atoms with E-state index in [1.807, 2.05) is 0 Å². The molecule has 0 aliphatic heterocycles. The van der Waals surface area contributed by atoms with E-state index >= 15 is 0 Å². The number of unbranched alkanes of at least 4 members (excludes halogenated alkanes) is 7. The lowest BCUT2D eigenvalue weighted by Gasteiger charge is -2.14. The second-order valence-electron chi connectivity index (χ2n) is 12.7. The fourth-order valence-electron chi connectivity index (χ4n) is 6.35. The molecule has 0 fully saturated rings. The highest BCUT2D eigenvalue weighted by molar-refractivity contribution is 7.81. The Kier molecular flexibility index (Phi) is 11.9. The molecule has 0 amide bonds. The van der Waals surface area contributed by atoms with Gasteiger partial charge in [-0.25, -0.2) is 9.97 Å². The smallest absolute Gasteiger partial charge is 0.362 e. The van der Waals surface area contributed by atoms with Gasteiger partial charge in [0.1, 0.15) is 23.1 Å². The lowest BCUT2D eigenvalue weighted by atomic mass is 10.1. The highest BCUT2D eigenvalue weighted by Gasteiger charge is 2.16. The summed E-state index contributed by atoms with van der Waals surface area (Å²) in [6.45, 7) is 0.894. The van der Waals surface area contributed by atoms with Crippen LogP contribution in [0.2, 0.25) is 0 Å². The van der Waals surface area contributed by atoms with Crippen LogP contribution in [0, 0.1) is 0 Å². The van der Waals surface area contributed by atoms with Gasteiger partial charge in [-0.05, 0) is 85.6 Å². The molecule has 0 unspecified atom stereocenters. The molecule has 4 aromatic carbocycles. The second-order valence-corrected chi connectivity index (χ2v) is 14.8. The van der Waals surface area contributed by atoms with Crippen molar-refractivity contribution in [1.82, 2.24) is 19.1 Å². The summed E-state index contributed by atoms with van der Waals surface area (Å²) in [5.74, 6) is 0.758. The maximum Gasteiger partial charge on any atom is 0.446 e. The van der Waals surface area contributed by atoms with Crippen molar-refractivity contribution in [2.24, 2.45) is 0 Å². The average Bonchev–Trinajstić information content (AvgIpc) is 3.13. The van der Waals surface area contributed by atoms with Crippen molar-refractivity contribution < 1.29 is 34.3 Å². The van der Waals surface area contributed by atoms with E-state index in [2.05, 4.69) is 8.37 Å². The van der Waals surface area contributed by atoms with Gasteiger partial charge in [0, 0.05) is 24.2 Å². The fourth-order valence-corrected chi connectivity index (χ4v) is 7.06. The van der Waals surface area contributed by atoms with Crippen LogP contribution in [0.25, 0.3) is 44.6 Å². The summed E-state index contributed by atoms with van der Waals surface area (Å²) in [5, 5.41) is 1.01. The maximum atomic E-state index is 13.5. The number of nitrogens with zero attached hydrogens (tertiary/aromatic N) is 4. The summed E-state index contributed by atoms with van der Waals surface area (Å²) in [4.78, 5) is 36.5. The van der Waals surface area contributed by atoms with Crippen LogP contribution in [0.5, 0.6) is 11.5 Å². The lowest BCUT2D eigenvalue weighted by Crippen LogP contribution is -2.23. The Labute approximate surface area is 311 Å². The van der Waals surface area contributed by atoms with Gasteiger partial charge >= 0.3 is 20.8 Å². The minimum atomic E-state index is -4.67.